The molecule has 5 aromatic carbocycles. The van der Waals surface area contributed by atoms with Gasteiger partial charge in [-0.1, -0.05) is 129 Å². The number of aromatic nitrogens is 4. The van der Waals surface area contributed by atoms with Gasteiger partial charge in [0, 0.05) is 58.9 Å². The molecule has 7 aromatic rings. The summed E-state index contributed by atoms with van der Waals surface area (Å²) in [5, 5.41) is 2.75. The molecule has 0 spiro atoms. The summed E-state index contributed by atoms with van der Waals surface area (Å²) in [5.74, 6) is 2.17. The standard InChI is InChI=1S/C45H42BN5OSi.Pt/c1-28-13-12-14-29(2)40(28)46-48(7)35-20-17-30(25-32(35)43-47-23-24-51(43)46)52-31-18-21-38-37(26-31)50-27-49-36-16-11-10-15-33(36)44(3,4)45(5,6)34-19-22-39(53(38,8)9)42(50)41(34)49;/h10-24H,1-9H3;/q-2;. The van der Waals surface area contributed by atoms with Crippen molar-refractivity contribution in [2.75, 3.05) is 11.9 Å². The van der Waals surface area contributed by atoms with Crippen LogP contribution >= 0.6 is 0 Å². The Morgan fingerprint density at radius 1 is 0.796 bits per heavy atom. The van der Waals surface area contributed by atoms with Crippen molar-refractivity contribution >= 4 is 47.6 Å². The molecule has 0 saturated heterocycles. The van der Waals surface area contributed by atoms with Gasteiger partial charge in [-0.05, 0) is 60.1 Å². The van der Waals surface area contributed by atoms with Crippen molar-refractivity contribution in [3.8, 4) is 34.3 Å². The second kappa shape index (κ2) is 11.7. The van der Waals surface area contributed by atoms with E-state index in [4.69, 9.17) is 9.72 Å². The fourth-order valence-electron chi connectivity index (χ4n) is 9.50. The van der Waals surface area contributed by atoms with Crippen molar-refractivity contribution in [3.63, 3.8) is 0 Å². The summed E-state index contributed by atoms with van der Waals surface area (Å²) in [6, 6.07) is 36.0. The number of imidazole rings is 2. The largest absolute Gasteiger partial charge is 0.503 e. The van der Waals surface area contributed by atoms with E-state index < -0.39 is 8.07 Å². The molecular formula is C45H42BN5OPtSi-2. The van der Waals surface area contributed by atoms with E-state index in [9.17, 15) is 0 Å². The van der Waals surface area contributed by atoms with E-state index in [0.29, 0.717) is 11.5 Å². The van der Waals surface area contributed by atoms with Crippen LogP contribution in [-0.2, 0) is 31.9 Å². The van der Waals surface area contributed by atoms with Crippen LogP contribution in [0.4, 0.5) is 5.69 Å². The van der Waals surface area contributed by atoms with Gasteiger partial charge in [0.05, 0.1) is 16.7 Å². The van der Waals surface area contributed by atoms with E-state index in [1.807, 2.05) is 12.3 Å². The van der Waals surface area contributed by atoms with Crippen molar-refractivity contribution in [1.29, 1.82) is 0 Å². The van der Waals surface area contributed by atoms with Gasteiger partial charge in [-0.2, -0.15) is 6.07 Å². The maximum Gasteiger partial charge on any atom is 0.399 e. The third-order valence-electron chi connectivity index (χ3n) is 13.1. The number of fused-ring (bicyclic) bond motifs is 7. The van der Waals surface area contributed by atoms with E-state index >= 15 is 0 Å². The van der Waals surface area contributed by atoms with Crippen LogP contribution in [0, 0.1) is 32.3 Å². The second-order valence-corrected chi connectivity index (χ2v) is 21.1. The van der Waals surface area contributed by atoms with Gasteiger partial charge < -0.3 is 18.6 Å². The second-order valence-electron chi connectivity index (χ2n) is 16.7. The van der Waals surface area contributed by atoms with Crippen LogP contribution in [-0.4, -0.2) is 36.1 Å². The third kappa shape index (κ3) is 4.50. The molecule has 0 aliphatic carbocycles. The predicted molar refractivity (Wildman–Crippen MR) is 217 cm³/mol. The van der Waals surface area contributed by atoms with Crippen LogP contribution in [0.1, 0.15) is 49.9 Å². The van der Waals surface area contributed by atoms with Crippen LogP contribution in [0.3, 0.4) is 0 Å². The van der Waals surface area contributed by atoms with Crippen LogP contribution < -0.4 is 30.0 Å². The molecule has 0 radical (unpaired) electrons. The zero-order valence-corrected chi connectivity index (χ0v) is 35.5. The number of hydrogen-bond acceptors (Lipinski definition) is 3. The minimum absolute atomic E-state index is 0. The zero-order chi connectivity index (χ0) is 36.8. The van der Waals surface area contributed by atoms with Gasteiger partial charge in [0.2, 0.25) is 0 Å². The molecule has 0 fully saturated rings. The van der Waals surface area contributed by atoms with E-state index in [0.717, 1.165) is 22.8 Å². The van der Waals surface area contributed by atoms with Crippen LogP contribution in [0.25, 0.3) is 33.8 Å². The predicted octanol–water partition coefficient (Wildman–Crippen LogP) is 6.98. The number of benzene rings is 5. The summed E-state index contributed by atoms with van der Waals surface area (Å²) >= 11 is 0. The van der Waals surface area contributed by atoms with Crippen LogP contribution in [0.15, 0.2) is 91.3 Å². The molecule has 5 heterocycles. The van der Waals surface area contributed by atoms with Gasteiger partial charge >= 0.3 is 6.98 Å². The fourth-order valence-corrected chi connectivity index (χ4v) is 12.4. The first kappa shape index (κ1) is 35.1. The fraction of sp³-hybridized carbons (Fsp3) is 0.244. The Kier molecular flexibility index (Phi) is 7.59. The molecule has 0 bridgehead atoms. The third-order valence-corrected chi connectivity index (χ3v) is 16.6. The topological polar surface area (TPSA) is 39.1 Å². The molecule has 9 heteroatoms. The summed E-state index contributed by atoms with van der Waals surface area (Å²) < 4.78 is 13.5. The van der Waals surface area contributed by atoms with Crippen molar-refractivity contribution in [2.45, 2.75) is 65.5 Å². The average Bonchev–Trinajstić information content (AvgIpc) is 3.77. The summed E-state index contributed by atoms with van der Waals surface area (Å²) in [7, 11) is 0.0191. The number of rotatable bonds is 3. The number of hydrogen-bond donors (Lipinski definition) is 0. The summed E-state index contributed by atoms with van der Waals surface area (Å²) in [5.41, 5.74) is 13.0. The Hall–Kier alpha value is -4.65. The van der Waals surface area contributed by atoms with Crippen molar-refractivity contribution in [3.05, 3.63) is 132 Å². The summed E-state index contributed by atoms with van der Waals surface area (Å²) in [6.45, 7) is 18.8. The van der Waals surface area contributed by atoms with Gasteiger partial charge in [-0.25, -0.2) is 0 Å². The Balaban J connectivity index is 0.00000384. The van der Waals surface area contributed by atoms with Crippen LogP contribution in [0.2, 0.25) is 13.1 Å². The van der Waals surface area contributed by atoms with Crippen molar-refractivity contribution in [2.24, 2.45) is 0 Å². The van der Waals surface area contributed by atoms with E-state index in [2.05, 4.69) is 178 Å². The molecule has 3 aliphatic heterocycles. The molecule has 0 N–H and O–H groups in total. The minimum Gasteiger partial charge on any atom is -0.503 e. The Bertz CT molecular complexity index is 2690. The van der Waals surface area contributed by atoms with Gasteiger partial charge in [0.1, 0.15) is 0 Å². The maximum atomic E-state index is 6.66. The molecule has 10 rings (SSSR count). The normalized spacial score (nSPS) is 16.5. The molecule has 0 atom stereocenters. The molecule has 272 valence electrons. The number of anilines is 1. The number of nitrogens with zero attached hydrogens (tertiary/aromatic N) is 5. The molecule has 0 unspecified atom stereocenters. The van der Waals surface area contributed by atoms with Crippen molar-refractivity contribution in [1.82, 2.24) is 14.0 Å². The van der Waals surface area contributed by atoms with Gasteiger partial charge in [0.15, 0.2) is 0 Å². The number of aryl methyl sites for hydroxylation is 2. The molecule has 54 heavy (non-hydrogen) atoms. The summed E-state index contributed by atoms with van der Waals surface area (Å²) in [6.07, 6.45) is 7.80. The molecule has 2 aromatic heterocycles. The Morgan fingerprint density at radius 2 is 1.48 bits per heavy atom. The smallest absolute Gasteiger partial charge is 0.399 e. The average molecular weight is 903 g/mol. The first-order valence-electron chi connectivity index (χ1n) is 18.6. The van der Waals surface area contributed by atoms with Gasteiger partial charge in [-0.3, -0.25) is 9.55 Å². The first-order chi connectivity index (χ1) is 25.3. The maximum absolute atomic E-state index is 6.66. The van der Waals surface area contributed by atoms with Gasteiger partial charge in [0.25, 0.3) is 6.33 Å². The Morgan fingerprint density at radius 3 is 2.26 bits per heavy atom. The molecule has 6 nitrogen and oxygen atoms in total. The molecule has 3 aliphatic rings. The van der Waals surface area contributed by atoms with E-state index in [1.165, 1.54) is 54.8 Å². The van der Waals surface area contributed by atoms with Crippen LogP contribution in [0.5, 0.6) is 11.5 Å². The molecule has 0 saturated carbocycles. The minimum atomic E-state index is -2.13. The monoisotopic (exact) mass is 902 g/mol. The van der Waals surface area contributed by atoms with E-state index in [-0.39, 0.29) is 38.9 Å². The molecular weight excluding hydrogens is 861 g/mol. The Labute approximate surface area is 333 Å². The SMILES string of the molecule is Cc1cccc(C)c1B1N(C)c2ccc(Oc3[c-]c4c(cc3)[Si](C)(C)c3ccc5c6c3n-4[c-][n+]6-c3ccccc3C(C)(C)C5(C)C)[c-]c2-c2nccn21.[Pt]. The summed E-state index contributed by atoms with van der Waals surface area (Å²) in [4.78, 5) is 7.15. The molecule has 0 amide bonds. The first-order valence-corrected chi connectivity index (χ1v) is 21.6. The number of ether oxygens (including phenoxy) is 1. The van der Waals surface area contributed by atoms with Gasteiger partial charge in [-0.15, -0.1) is 23.4 Å². The zero-order valence-electron chi connectivity index (χ0n) is 32.2. The van der Waals surface area contributed by atoms with E-state index in [1.54, 1.807) is 0 Å². The number of para-hydroxylation sites is 1. The van der Waals surface area contributed by atoms with Crippen molar-refractivity contribution < 1.29 is 30.4 Å². The quantitative estimate of drug-likeness (QED) is 0.109.